The predicted molar refractivity (Wildman–Crippen MR) is 97.4 cm³/mol. The van der Waals surface area contributed by atoms with Crippen LogP contribution in [-0.4, -0.2) is 54.7 Å². The van der Waals surface area contributed by atoms with Crippen LogP contribution in [0.4, 0.5) is 4.39 Å². The Kier molecular flexibility index (Phi) is 5.71. The first-order chi connectivity index (χ1) is 12.9. The molecule has 1 fully saturated rings. The van der Waals surface area contributed by atoms with Crippen molar-refractivity contribution in [3.8, 4) is 16.9 Å². The first-order valence-electron chi connectivity index (χ1n) is 8.54. The number of benzene rings is 2. The Morgan fingerprint density at radius 2 is 1.85 bits per heavy atom. The van der Waals surface area contributed by atoms with Crippen molar-refractivity contribution in [1.82, 2.24) is 4.90 Å². The summed E-state index contributed by atoms with van der Waals surface area (Å²) in [6.45, 7) is 1.57. The summed E-state index contributed by atoms with van der Waals surface area (Å²) in [7, 11) is 0. The van der Waals surface area contributed by atoms with E-state index in [2.05, 4.69) is 0 Å². The van der Waals surface area contributed by atoms with Gasteiger partial charge in [0, 0.05) is 24.2 Å². The van der Waals surface area contributed by atoms with Crippen LogP contribution in [0.5, 0.6) is 5.75 Å². The number of nitrogens with two attached hydrogens (primary N) is 2. The van der Waals surface area contributed by atoms with E-state index in [-0.39, 0.29) is 17.2 Å². The second-order valence-corrected chi connectivity index (χ2v) is 6.34. The quantitative estimate of drug-likeness (QED) is 0.670. The standard InChI is InChI=1S/C19H22FN3O4/c20-17-6-5-15(27-19(21,22)12-24)11-16(17)13-1-3-14(4-2-13)18(25)23-7-9-26-10-8-23/h1-6,11,24H,7-10,12,21-22H2. The molecule has 1 aliphatic heterocycles. The van der Waals surface area contributed by atoms with Crippen LogP contribution < -0.4 is 16.2 Å². The van der Waals surface area contributed by atoms with Gasteiger partial charge < -0.3 is 19.5 Å². The van der Waals surface area contributed by atoms with Crippen LogP contribution in [0.3, 0.4) is 0 Å². The fourth-order valence-corrected chi connectivity index (χ4v) is 2.78. The third kappa shape index (κ3) is 4.61. The van der Waals surface area contributed by atoms with E-state index in [0.717, 1.165) is 0 Å². The molecule has 27 heavy (non-hydrogen) atoms. The van der Waals surface area contributed by atoms with Gasteiger partial charge in [0.1, 0.15) is 18.2 Å². The number of amides is 1. The molecule has 8 heteroatoms. The van der Waals surface area contributed by atoms with Gasteiger partial charge in [0.15, 0.2) is 0 Å². The van der Waals surface area contributed by atoms with E-state index < -0.39 is 18.3 Å². The van der Waals surface area contributed by atoms with Gasteiger partial charge in [0.25, 0.3) is 5.91 Å². The molecule has 144 valence electrons. The number of carbonyl (C=O) groups is 1. The van der Waals surface area contributed by atoms with Gasteiger partial charge in [0.2, 0.25) is 5.85 Å². The van der Waals surface area contributed by atoms with Gasteiger partial charge in [-0.15, -0.1) is 0 Å². The van der Waals surface area contributed by atoms with Gasteiger partial charge in [0.05, 0.1) is 13.2 Å². The van der Waals surface area contributed by atoms with Gasteiger partial charge >= 0.3 is 0 Å². The molecular weight excluding hydrogens is 353 g/mol. The summed E-state index contributed by atoms with van der Waals surface area (Å²) in [5.74, 6) is -2.08. The fourth-order valence-electron chi connectivity index (χ4n) is 2.78. The van der Waals surface area contributed by atoms with Crippen molar-refractivity contribution < 1.29 is 23.8 Å². The minimum absolute atomic E-state index is 0.0820. The molecule has 1 amide bonds. The predicted octanol–water partition coefficient (Wildman–Crippen LogP) is 0.907. The molecule has 0 saturated carbocycles. The van der Waals surface area contributed by atoms with Gasteiger partial charge in [-0.25, -0.2) is 4.39 Å². The lowest BCUT2D eigenvalue weighted by Gasteiger charge is -2.26. The van der Waals surface area contributed by atoms with Crippen LogP contribution in [0.15, 0.2) is 42.5 Å². The van der Waals surface area contributed by atoms with Crippen LogP contribution in [0.1, 0.15) is 10.4 Å². The number of morpholine rings is 1. The minimum Gasteiger partial charge on any atom is -0.458 e. The van der Waals surface area contributed by atoms with Crippen molar-refractivity contribution in [3.63, 3.8) is 0 Å². The normalized spacial score (nSPS) is 14.9. The molecular formula is C19H22FN3O4. The number of hydrogen-bond acceptors (Lipinski definition) is 6. The second-order valence-electron chi connectivity index (χ2n) is 6.34. The Bertz CT molecular complexity index is 805. The highest BCUT2D eigenvalue weighted by Gasteiger charge is 2.21. The van der Waals surface area contributed by atoms with Crippen LogP contribution in [-0.2, 0) is 4.74 Å². The highest BCUT2D eigenvalue weighted by Crippen LogP contribution is 2.28. The number of ether oxygens (including phenoxy) is 2. The molecule has 0 spiro atoms. The lowest BCUT2D eigenvalue weighted by molar-refractivity contribution is 0.0198. The smallest absolute Gasteiger partial charge is 0.254 e. The van der Waals surface area contributed by atoms with E-state index in [1.807, 2.05) is 0 Å². The number of carbonyl (C=O) groups excluding carboxylic acids is 1. The molecule has 0 aliphatic carbocycles. The molecule has 0 bridgehead atoms. The summed E-state index contributed by atoms with van der Waals surface area (Å²) in [6.07, 6.45) is 0. The summed E-state index contributed by atoms with van der Waals surface area (Å²) in [4.78, 5) is 14.2. The molecule has 1 aliphatic rings. The van der Waals surface area contributed by atoms with Crippen molar-refractivity contribution in [3.05, 3.63) is 53.8 Å². The van der Waals surface area contributed by atoms with E-state index in [1.54, 1.807) is 29.2 Å². The molecule has 0 atom stereocenters. The van der Waals surface area contributed by atoms with E-state index in [1.165, 1.54) is 18.2 Å². The molecule has 1 heterocycles. The third-order valence-electron chi connectivity index (χ3n) is 4.23. The number of rotatable bonds is 5. The summed E-state index contributed by atoms with van der Waals surface area (Å²) >= 11 is 0. The first-order valence-corrected chi connectivity index (χ1v) is 8.54. The zero-order chi connectivity index (χ0) is 19.4. The van der Waals surface area contributed by atoms with Crippen molar-refractivity contribution >= 4 is 5.91 Å². The van der Waals surface area contributed by atoms with Gasteiger partial charge in [-0.2, -0.15) is 0 Å². The molecule has 0 unspecified atom stereocenters. The second kappa shape index (κ2) is 8.01. The van der Waals surface area contributed by atoms with Gasteiger partial charge in [-0.1, -0.05) is 12.1 Å². The Morgan fingerprint density at radius 3 is 2.48 bits per heavy atom. The van der Waals surface area contributed by atoms with Crippen molar-refractivity contribution in [2.45, 2.75) is 5.85 Å². The van der Waals surface area contributed by atoms with E-state index in [0.29, 0.717) is 37.4 Å². The Morgan fingerprint density at radius 1 is 1.19 bits per heavy atom. The molecule has 2 aromatic carbocycles. The fraction of sp³-hybridized carbons (Fsp3) is 0.316. The Hall–Kier alpha value is -2.52. The molecule has 7 nitrogen and oxygen atoms in total. The first kappa shape index (κ1) is 19.2. The Labute approximate surface area is 156 Å². The maximum Gasteiger partial charge on any atom is 0.254 e. The van der Waals surface area contributed by atoms with Crippen LogP contribution in [0.2, 0.25) is 0 Å². The van der Waals surface area contributed by atoms with Crippen molar-refractivity contribution in [2.75, 3.05) is 32.9 Å². The van der Waals surface area contributed by atoms with Gasteiger partial charge in [-0.05, 0) is 35.9 Å². The molecule has 0 radical (unpaired) electrons. The summed E-state index contributed by atoms with van der Waals surface area (Å²) in [5, 5.41) is 9.09. The Balaban J connectivity index is 1.81. The summed E-state index contributed by atoms with van der Waals surface area (Å²) < 4.78 is 24.8. The summed E-state index contributed by atoms with van der Waals surface area (Å²) in [5.41, 5.74) is 12.5. The summed E-state index contributed by atoms with van der Waals surface area (Å²) in [6, 6.07) is 10.7. The molecule has 5 N–H and O–H groups in total. The van der Waals surface area contributed by atoms with Crippen LogP contribution in [0, 0.1) is 5.82 Å². The number of hydrogen-bond donors (Lipinski definition) is 3. The van der Waals surface area contributed by atoms with Crippen LogP contribution >= 0.6 is 0 Å². The highest BCUT2D eigenvalue weighted by molar-refractivity contribution is 5.94. The molecule has 2 aromatic rings. The zero-order valence-electron chi connectivity index (χ0n) is 14.7. The highest BCUT2D eigenvalue weighted by atomic mass is 19.1. The average Bonchev–Trinajstić information content (AvgIpc) is 2.69. The SMILES string of the molecule is NC(N)(CO)Oc1ccc(F)c(-c2ccc(C(=O)N3CCOCC3)cc2)c1. The lowest BCUT2D eigenvalue weighted by Crippen LogP contribution is -2.57. The van der Waals surface area contributed by atoms with Crippen LogP contribution in [0.25, 0.3) is 11.1 Å². The molecule has 0 aromatic heterocycles. The largest absolute Gasteiger partial charge is 0.458 e. The van der Waals surface area contributed by atoms with E-state index in [4.69, 9.17) is 26.0 Å². The monoisotopic (exact) mass is 375 g/mol. The van der Waals surface area contributed by atoms with Crippen molar-refractivity contribution in [1.29, 1.82) is 0 Å². The lowest BCUT2D eigenvalue weighted by atomic mass is 10.0. The number of aliphatic hydroxyl groups is 1. The maximum atomic E-state index is 14.3. The van der Waals surface area contributed by atoms with Crippen molar-refractivity contribution in [2.24, 2.45) is 11.5 Å². The zero-order valence-corrected chi connectivity index (χ0v) is 14.7. The minimum atomic E-state index is -1.76. The number of halogens is 1. The maximum absolute atomic E-state index is 14.3. The number of aliphatic hydroxyl groups excluding tert-OH is 1. The van der Waals surface area contributed by atoms with E-state index >= 15 is 0 Å². The average molecular weight is 375 g/mol. The van der Waals surface area contributed by atoms with E-state index in [9.17, 15) is 9.18 Å². The van der Waals surface area contributed by atoms with Gasteiger partial charge in [-0.3, -0.25) is 16.3 Å². The molecule has 1 saturated heterocycles. The topological polar surface area (TPSA) is 111 Å². The third-order valence-corrected chi connectivity index (χ3v) is 4.23. The molecule has 3 rings (SSSR count). The number of nitrogens with zero attached hydrogens (tertiary/aromatic N) is 1.